The maximum absolute atomic E-state index is 5.38. The first-order valence-corrected chi connectivity index (χ1v) is 3.47. The van der Waals surface area contributed by atoms with Crippen LogP contribution in [0.1, 0.15) is 11.7 Å². The van der Waals surface area contributed by atoms with Gasteiger partial charge in [0.2, 0.25) is 5.89 Å². The quantitative estimate of drug-likeness (QED) is 0.456. The summed E-state index contributed by atoms with van der Waals surface area (Å²) in [4.78, 5) is 7.67. The van der Waals surface area contributed by atoms with Crippen LogP contribution in [0, 0.1) is 6.92 Å². The summed E-state index contributed by atoms with van der Waals surface area (Å²) in [7, 11) is 1.60. The van der Waals surface area contributed by atoms with Gasteiger partial charge in [-0.25, -0.2) is 0 Å². The number of nitrogens with one attached hydrogen (secondary N) is 1. The fraction of sp³-hybridized carbons (Fsp3) is 0.500. The van der Waals surface area contributed by atoms with Crippen LogP contribution in [-0.2, 0) is 6.54 Å². The number of nitrogens with zero attached hydrogens (tertiary/aromatic N) is 3. The molecule has 0 unspecified atom stereocenters. The molecule has 1 aromatic heterocycles. The van der Waals surface area contributed by atoms with Gasteiger partial charge in [0.25, 0.3) is 0 Å². The first kappa shape index (κ1) is 8.51. The molecule has 0 amide bonds. The molecule has 0 aromatic carbocycles. The molecule has 0 bridgehead atoms. The highest BCUT2D eigenvalue weighted by Gasteiger charge is 2.00. The van der Waals surface area contributed by atoms with Gasteiger partial charge in [0.1, 0.15) is 0 Å². The van der Waals surface area contributed by atoms with Crippen molar-refractivity contribution in [3.63, 3.8) is 0 Å². The molecule has 0 aliphatic carbocycles. The van der Waals surface area contributed by atoms with E-state index >= 15 is 0 Å². The highest BCUT2D eigenvalue weighted by molar-refractivity contribution is 5.77. The van der Waals surface area contributed by atoms with Gasteiger partial charge in [0.15, 0.2) is 11.8 Å². The lowest BCUT2D eigenvalue weighted by Crippen LogP contribution is -2.31. The number of guanidine groups is 1. The van der Waals surface area contributed by atoms with Crippen molar-refractivity contribution in [2.24, 2.45) is 10.7 Å². The Kier molecular flexibility index (Phi) is 2.62. The molecule has 0 aliphatic rings. The van der Waals surface area contributed by atoms with Crippen LogP contribution >= 0.6 is 0 Å². The zero-order valence-corrected chi connectivity index (χ0v) is 7.03. The van der Waals surface area contributed by atoms with Crippen molar-refractivity contribution < 1.29 is 4.52 Å². The topological polar surface area (TPSA) is 89.3 Å². The highest BCUT2D eigenvalue weighted by atomic mass is 16.5. The van der Waals surface area contributed by atoms with Gasteiger partial charge in [-0.3, -0.25) is 4.99 Å². The van der Waals surface area contributed by atoms with Crippen LogP contribution in [0.25, 0.3) is 0 Å². The average Bonchev–Trinajstić information content (AvgIpc) is 2.47. The summed E-state index contributed by atoms with van der Waals surface area (Å²) in [6.45, 7) is 2.16. The summed E-state index contributed by atoms with van der Waals surface area (Å²) in [6.07, 6.45) is 0. The molecule has 0 atom stereocenters. The molecule has 1 heterocycles. The van der Waals surface area contributed by atoms with Crippen molar-refractivity contribution in [1.82, 2.24) is 15.5 Å². The second-order valence-electron chi connectivity index (χ2n) is 2.19. The Labute approximate surface area is 69.9 Å². The van der Waals surface area contributed by atoms with Gasteiger partial charge < -0.3 is 15.6 Å². The van der Waals surface area contributed by atoms with E-state index in [0.29, 0.717) is 24.2 Å². The van der Waals surface area contributed by atoms with Gasteiger partial charge in [-0.15, -0.1) is 0 Å². The minimum Gasteiger partial charge on any atom is -0.370 e. The zero-order valence-electron chi connectivity index (χ0n) is 7.03. The Balaban J connectivity index is 2.43. The van der Waals surface area contributed by atoms with Gasteiger partial charge in [-0.1, -0.05) is 5.16 Å². The smallest absolute Gasteiger partial charge is 0.223 e. The maximum Gasteiger partial charge on any atom is 0.223 e. The van der Waals surface area contributed by atoms with E-state index < -0.39 is 0 Å². The van der Waals surface area contributed by atoms with Crippen LogP contribution < -0.4 is 11.1 Å². The summed E-state index contributed by atoms with van der Waals surface area (Å²) >= 11 is 0. The lowest BCUT2D eigenvalue weighted by atomic mass is 10.6. The summed E-state index contributed by atoms with van der Waals surface area (Å²) in [6, 6.07) is 0. The van der Waals surface area contributed by atoms with E-state index in [9.17, 15) is 0 Å². The second-order valence-corrected chi connectivity index (χ2v) is 2.19. The second kappa shape index (κ2) is 3.70. The molecule has 3 N–H and O–H groups in total. The minimum absolute atomic E-state index is 0.359. The molecule has 0 fully saturated rings. The van der Waals surface area contributed by atoms with Crippen LogP contribution in [0.15, 0.2) is 9.52 Å². The van der Waals surface area contributed by atoms with Gasteiger partial charge in [0, 0.05) is 14.0 Å². The average molecular weight is 169 g/mol. The van der Waals surface area contributed by atoms with Crippen molar-refractivity contribution in [3.8, 4) is 0 Å². The number of rotatable bonds is 2. The largest absolute Gasteiger partial charge is 0.370 e. The molecule has 12 heavy (non-hydrogen) atoms. The van der Waals surface area contributed by atoms with E-state index in [2.05, 4.69) is 20.4 Å². The van der Waals surface area contributed by atoms with Crippen molar-refractivity contribution >= 4 is 5.96 Å². The number of hydrogen-bond donors (Lipinski definition) is 2. The fourth-order valence-electron chi connectivity index (χ4n) is 0.662. The fourth-order valence-corrected chi connectivity index (χ4v) is 0.662. The molecule has 0 aliphatic heterocycles. The van der Waals surface area contributed by atoms with Crippen molar-refractivity contribution in [2.75, 3.05) is 7.05 Å². The predicted molar refractivity (Wildman–Crippen MR) is 43.4 cm³/mol. The molecule has 1 aromatic rings. The SMILES string of the molecule is CN=C(N)NCc1noc(C)n1. The van der Waals surface area contributed by atoms with Crippen molar-refractivity contribution in [2.45, 2.75) is 13.5 Å². The van der Waals surface area contributed by atoms with E-state index in [1.165, 1.54) is 0 Å². The monoisotopic (exact) mass is 169 g/mol. The molecule has 0 saturated heterocycles. The Hall–Kier alpha value is -1.59. The summed E-state index contributed by atoms with van der Waals surface area (Å²) in [5.41, 5.74) is 5.38. The van der Waals surface area contributed by atoms with Crippen LogP contribution in [-0.4, -0.2) is 23.1 Å². The van der Waals surface area contributed by atoms with Crippen LogP contribution in [0.2, 0.25) is 0 Å². The number of aliphatic imine (C=N–C) groups is 1. The van der Waals surface area contributed by atoms with Crippen molar-refractivity contribution in [3.05, 3.63) is 11.7 Å². The lowest BCUT2D eigenvalue weighted by Gasteiger charge is -1.98. The van der Waals surface area contributed by atoms with Gasteiger partial charge >= 0.3 is 0 Å². The lowest BCUT2D eigenvalue weighted by molar-refractivity contribution is 0.387. The zero-order chi connectivity index (χ0) is 8.97. The van der Waals surface area contributed by atoms with Gasteiger partial charge in [0.05, 0.1) is 6.54 Å². The molecule has 6 heteroatoms. The molecular formula is C6H11N5O. The maximum atomic E-state index is 5.38. The molecule has 0 saturated carbocycles. The van der Waals surface area contributed by atoms with Crippen LogP contribution in [0.4, 0.5) is 0 Å². The molecule has 66 valence electrons. The van der Waals surface area contributed by atoms with Gasteiger partial charge in [-0.2, -0.15) is 4.98 Å². The third-order valence-corrected chi connectivity index (χ3v) is 1.24. The number of aromatic nitrogens is 2. The Morgan fingerprint density at radius 1 is 1.75 bits per heavy atom. The number of hydrogen-bond acceptors (Lipinski definition) is 4. The van der Waals surface area contributed by atoms with E-state index in [0.717, 1.165) is 0 Å². The number of aryl methyl sites for hydroxylation is 1. The van der Waals surface area contributed by atoms with E-state index in [4.69, 9.17) is 10.3 Å². The molecule has 0 spiro atoms. The molecule has 1 rings (SSSR count). The predicted octanol–water partition coefficient (Wildman–Crippen LogP) is -0.588. The first-order valence-electron chi connectivity index (χ1n) is 3.47. The Bertz CT molecular complexity index is 279. The third-order valence-electron chi connectivity index (χ3n) is 1.24. The molecular weight excluding hydrogens is 158 g/mol. The molecule has 0 radical (unpaired) electrons. The highest BCUT2D eigenvalue weighted by Crippen LogP contribution is 1.92. The first-order chi connectivity index (χ1) is 5.72. The summed E-state index contributed by atoms with van der Waals surface area (Å²) in [5, 5.41) is 6.47. The Morgan fingerprint density at radius 3 is 3.00 bits per heavy atom. The van der Waals surface area contributed by atoms with Crippen molar-refractivity contribution in [1.29, 1.82) is 0 Å². The standard InChI is InChI=1S/C6H11N5O/c1-4-10-5(11-12-4)3-9-6(7)8-2/h3H2,1-2H3,(H3,7,8,9). The van der Waals surface area contributed by atoms with Crippen LogP contribution in [0.5, 0.6) is 0 Å². The van der Waals surface area contributed by atoms with Gasteiger partial charge in [-0.05, 0) is 0 Å². The summed E-state index contributed by atoms with van der Waals surface area (Å²) < 4.78 is 4.75. The Morgan fingerprint density at radius 2 is 2.50 bits per heavy atom. The van der Waals surface area contributed by atoms with E-state index in [1.54, 1.807) is 14.0 Å². The third kappa shape index (κ3) is 2.22. The van der Waals surface area contributed by atoms with E-state index in [-0.39, 0.29) is 0 Å². The van der Waals surface area contributed by atoms with E-state index in [1.807, 2.05) is 0 Å². The normalized spacial score (nSPS) is 11.7. The molecule has 6 nitrogen and oxygen atoms in total. The summed E-state index contributed by atoms with van der Waals surface area (Å²) in [5.74, 6) is 1.47. The number of nitrogens with two attached hydrogens (primary N) is 1. The van der Waals surface area contributed by atoms with Crippen LogP contribution in [0.3, 0.4) is 0 Å². The minimum atomic E-state index is 0.359.